The van der Waals surface area contributed by atoms with Crippen molar-refractivity contribution in [1.29, 1.82) is 0 Å². The van der Waals surface area contributed by atoms with Gasteiger partial charge >= 0.3 is 0 Å². The smallest absolute Gasteiger partial charge is 0.146 e. The average molecular weight is 417 g/mol. The van der Waals surface area contributed by atoms with E-state index in [1.165, 1.54) is 18.2 Å². The molecule has 0 fully saturated rings. The fourth-order valence-corrected chi connectivity index (χ4v) is 4.09. The van der Waals surface area contributed by atoms with Crippen LogP contribution in [0.4, 0.5) is 14.5 Å². The van der Waals surface area contributed by atoms with Gasteiger partial charge in [0, 0.05) is 23.5 Å². The predicted octanol–water partition coefficient (Wildman–Crippen LogP) is 4.46. The molecular formula is C20H24Cl2F2N2O. The second-order valence-corrected chi connectivity index (χ2v) is 7.86. The topological polar surface area (TPSA) is 35.5 Å². The number of nitrogens with one attached hydrogen (secondary N) is 1. The van der Waals surface area contributed by atoms with E-state index >= 15 is 0 Å². The molecule has 1 aliphatic rings. The van der Waals surface area contributed by atoms with Gasteiger partial charge in [0.25, 0.3) is 0 Å². The molecule has 3 nitrogen and oxygen atoms in total. The molecule has 3 rings (SSSR count). The minimum absolute atomic E-state index is 0. The number of nitrogens with zero attached hydrogens (tertiary/aromatic N) is 1. The van der Waals surface area contributed by atoms with Crippen molar-refractivity contribution in [3.8, 4) is 0 Å². The largest absolute Gasteiger partial charge is 0.389 e. The summed E-state index contributed by atoms with van der Waals surface area (Å²) in [6, 6.07) is 8.56. The molecule has 2 N–H and O–H groups in total. The molecule has 0 aliphatic carbocycles. The van der Waals surface area contributed by atoms with Crippen molar-refractivity contribution in [2.45, 2.75) is 31.4 Å². The molecule has 0 amide bonds. The van der Waals surface area contributed by atoms with Gasteiger partial charge in [-0.1, -0.05) is 37.6 Å². The zero-order valence-electron chi connectivity index (χ0n) is 15.5. The normalized spacial score (nSPS) is 17.2. The molecule has 0 bridgehead atoms. The third-order valence-electron chi connectivity index (χ3n) is 4.91. The van der Waals surface area contributed by atoms with E-state index in [2.05, 4.69) is 5.32 Å². The fourth-order valence-electron chi connectivity index (χ4n) is 3.86. The molecule has 2 aromatic carbocycles. The van der Waals surface area contributed by atoms with Crippen LogP contribution in [0.15, 0.2) is 36.4 Å². The maximum Gasteiger partial charge on any atom is 0.146 e. The molecule has 1 aliphatic heterocycles. The molecule has 1 heterocycles. The number of fused-ring (bicyclic) bond motifs is 1. The first-order chi connectivity index (χ1) is 12.2. The first kappa shape index (κ1) is 21.9. The molecule has 0 aromatic heterocycles. The Balaban J connectivity index is 0.00000261. The summed E-state index contributed by atoms with van der Waals surface area (Å²) >= 11 is 6.04. The van der Waals surface area contributed by atoms with Crippen molar-refractivity contribution in [2.24, 2.45) is 0 Å². The summed E-state index contributed by atoms with van der Waals surface area (Å²) in [4.78, 5) is 1.83. The number of para-hydroxylation sites is 1. The molecular weight excluding hydrogens is 393 g/mol. The molecule has 7 heteroatoms. The third kappa shape index (κ3) is 4.21. The second-order valence-electron chi connectivity index (χ2n) is 7.42. The van der Waals surface area contributed by atoms with Crippen molar-refractivity contribution >= 4 is 29.7 Å². The third-order valence-corrected chi connectivity index (χ3v) is 5.13. The van der Waals surface area contributed by atoms with E-state index < -0.39 is 18.0 Å². The van der Waals surface area contributed by atoms with Gasteiger partial charge in [-0.05, 0) is 42.4 Å². The van der Waals surface area contributed by atoms with Gasteiger partial charge in [-0.3, -0.25) is 0 Å². The van der Waals surface area contributed by atoms with Gasteiger partial charge in [0.1, 0.15) is 11.6 Å². The Bertz CT molecular complexity index is 796. The lowest BCUT2D eigenvalue weighted by atomic mass is 9.87. The molecule has 2 aromatic rings. The minimum Gasteiger partial charge on any atom is -0.389 e. The molecule has 27 heavy (non-hydrogen) atoms. The summed E-state index contributed by atoms with van der Waals surface area (Å²) in [5, 5.41) is 14.0. The van der Waals surface area contributed by atoms with E-state index in [1.54, 1.807) is 19.2 Å². The molecule has 2 atom stereocenters. The van der Waals surface area contributed by atoms with Crippen LogP contribution in [0, 0.1) is 11.6 Å². The van der Waals surface area contributed by atoms with Gasteiger partial charge in [0.05, 0.1) is 17.8 Å². The van der Waals surface area contributed by atoms with E-state index in [9.17, 15) is 13.9 Å². The highest BCUT2D eigenvalue weighted by Gasteiger charge is 2.42. The summed E-state index contributed by atoms with van der Waals surface area (Å²) < 4.78 is 28.7. The monoisotopic (exact) mass is 416 g/mol. The number of aliphatic hydroxyl groups is 1. The minimum atomic E-state index is -0.876. The maximum atomic E-state index is 14.7. The zero-order valence-corrected chi connectivity index (χ0v) is 17.0. The quantitative estimate of drug-likeness (QED) is 0.754. The van der Waals surface area contributed by atoms with Gasteiger partial charge in [-0.25, -0.2) is 8.78 Å². The van der Waals surface area contributed by atoms with E-state index in [-0.39, 0.29) is 35.2 Å². The number of hydrogen-bond donors (Lipinski definition) is 2. The fraction of sp³-hybridized carbons (Fsp3) is 0.400. The van der Waals surface area contributed by atoms with Crippen molar-refractivity contribution in [3.63, 3.8) is 0 Å². The van der Waals surface area contributed by atoms with Crippen LogP contribution in [0.2, 0.25) is 5.02 Å². The van der Waals surface area contributed by atoms with Crippen LogP contribution in [0.5, 0.6) is 0 Å². The summed E-state index contributed by atoms with van der Waals surface area (Å²) in [6.07, 6.45) is -0.876. The van der Waals surface area contributed by atoms with Gasteiger partial charge < -0.3 is 15.3 Å². The van der Waals surface area contributed by atoms with Crippen LogP contribution in [-0.4, -0.2) is 31.3 Å². The van der Waals surface area contributed by atoms with Gasteiger partial charge in [0.2, 0.25) is 0 Å². The summed E-state index contributed by atoms with van der Waals surface area (Å²) in [7, 11) is 1.72. The van der Waals surface area contributed by atoms with Crippen molar-refractivity contribution in [3.05, 3.63) is 64.2 Å². The van der Waals surface area contributed by atoms with Crippen LogP contribution in [-0.2, 0) is 5.41 Å². The first-order valence-corrected chi connectivity index (χ1v) is 8.96. The summed E-state index contributed by atoms with van der Waals surface area (Å²) in [5.41, 5.74) is 1.55. The number of likely N-dealkylation sites (N-methyl/N-ethyl adjacent to an activating group) is 1. The second kappa shape index (κ2) is 8.31. The van der Waals surface area contributed by atoms with E-state index in [0.29, 0.717) is 17.8 Å². The van der Waals surface area contributed by atoms with Crippen molar-refractivity contribution in [1.82, 2.24) is 5.32 Å². The van der Waals surface area contributed by atoms with Gasteiger partial charge in [0.15, 0.2) is 0 Å². The number of benzene rings is 2. The number of halogens is 4. The molecule has 0 saturated carbocycles. The van der Waals surface area contributed by atoms with Crippen molar-refractivity contribution < 1.29 is 13.9 Å². The van der Waals surface area contributed by atoms with Crippen LogP contribution < -0.4 is 10.2 Å². The Morgan fingerprint density at radius 3 is 2.59 bits per heavy atom. The molecule has 0 spiro atoms. The number of rotatable bonds is 5. The lowest BCUT2D eigenvalue weighted by Crippen LogP contribution is -2.42. The Hall–Kier alpha value is -1.40. The highest BCUT2D eigenvalue weighted by atomic mass is 35.5. The number of aliphatic hydroxyl groups excluding tert-OH is 1. The van der Waals surface area contributed by atoms with Gasteiger partial charge in [-0.15, -0.1) is 12.4 Å². The predicted molar refractivity (Wildman–Crippen MR) is 108 cm³/mol. The molecule has 0 saturated heterocycles. The average Bonchev–Trinajstić information content (AvgIpc) is 2.79. The van der Waals surface area contributed by atoms with Crippen LogP contribution in [0.3, 0.4) is 0 Å². The maximum absolute atomic E-state index is 14.7. The lowest BCUT2D eigenvalue weighted by molar-refractivity contribution is 0.139. The molecule has 148 valence electrons. The Labute approximate surface area is 169 Å². The first-order valence-electron chi connectivity index (χ1n) is 8.59. The SMILES string of the molecule is CNC[C@@H](O)[C@H](c1cc(F)cc(Cl)c1)N1CC(C)(C)c2cccc(F)c21.Cl. The summed E-state index contributed by atoms with van der Waals surface area (Å²) in [5.74, 6) is -0.835. The standard InChI is InChI=1S/C20H23ClF2N2O.ClH/c1-20(2)11-25(19-15(20)5-4-6-16(19)23)18(17(26)10-24-3)12-7-13(21)9-14(22)8-12;/h4-9,17-18,24,26H,10-11H2,1-3H3;1H/t17-,18+;/m1./s1. The lowest BCUT2D eigenvalue weighted by Gasteiger charge is -2.35. The highest BCUT2D eigenvalue weighted by Crippen LogP contribution is 2.46. The van der Waals surface area contributed by atoms with E-state index in [1.807, 2.05) is 24.8 Å². The number of anilines is 1. The summed E-state index contributed by atoms with van der Waals surface area (Å²) in [6.45, 7) is 4.85. The van der Waals surface area contributed by atoms with E-state index in [4.69, 9.17) is 11.6 Å². The van der Waals surface area contributed by atoms with Crippen molar-refractivity contribution in [2.75, 3.05) is 25.0 Å². The Morgan fingerprint density at radius 2 is 1.96 bits per heavy atom. The molecule has 0 unspecified atom stereocenters. The van der Waals surface area contributed by atoms with E-state index in [0.717, 1.165) is 5.56 Å². The molecule has 0 radical (unpaired) electrons. The van der Waals surface area contributed by atoms with Gasteiger partial charge in [-0.2, -0.15) is 0 Å². The van der Waals surface area contributed by atoms with Crippen LogP contribution in [0.25, 0.3) is 0 Å². The number of hydrogen-bond acceptors (Lipinski definition) is 3. The van der Waals surface area contributed by atoms with Crippen LogP contribution in [0.1, 0.15) is 31.0 Å². The zero-order chi connectivity index (χ0) is 19.1. The Kier molecular flexibility index (Phi) is 6.74. The highest BCUT2D eigenvalue weighted by molar-refractivity contribution is 6.30. The van der Waals surface area contributed by atoms with Crippen LogP contribution >= 0.6 is 24.0 Å². The Morgan fingerprint density at radius 1 is 1.26 bits per heavy atom.